The summed E-state index contributed by atoms with van der Waals surface area (Å²) in [6, 6.07) is 5.24. The first-order valence-corrected chi connectivity index (χ1v) is 12.7. The van der Waals surface area contributed by atoms with E-state index >= 15 is 0 Å². The van der Waals surface area contributed by atoms with Crippen LogP contribution in [0.3, 0.4) is 0 Å². The number of benzene rings is 1. The number of Topliss-reactive ketones (excluding diaryl/α,β-unsaturated/α-hetero) is 1. The highest BCUT2D eigenvalue weighted by atomic mass is 19.4. The van der Waals surface area contributed by atoms with Gasteiger partial charge in [-0.15, -0.1) is 0 Å². The third-order valence-electron chi connectivity index (χ3n) is 10.2. The average Bonchev–Trinajstić information content (AvgIpc) is 3.13. The molecule has 0 aromatic heterocycles. The van der Waals surface area contributed by atoms with Crippen molar-refractivity contribution in [2.75, 3.05) is 5.32 Å². The molecule has 0 unspecified atom stereocenters. The lowest BCUT2D eigenvalue weighted by Gasteiger charge is -2.58. The van der Waals surface area contributed by atoms with Crippen molar-refractivity contribution in [3.63, 3.8) is 0 Å². The van der Waals surface area contributed by atoms with Crippen LogP contribution in [0.1, 0.15) is 77.7 Å². The van der Waals surface area contributed by atoms with Gasteiger partial charge in [-0.3, -0.25) is 9.59 Å². The van der Waals surface area contributed by atoms with E-state index in [-0.39, 0.29) is 28.3 Å². The summed E-state index contributed by atoms with van der Waals surface area (Å²) in [7, 11) is 0. The Hall–Kier alpha value is -2.11. The van der Waals surface area contributed by atoms with Gasteiger partial charge in [0.2, 0.25) is 5.91 Å². The number of hydrogen-bond donors (Lipinski definition) is 1. The summed E-state index contributed by atoms with van der Waals surface area (Å²) in [5, 5.41) is 2.65. The van der Waals surface area contributed by atoms with Gasteiger partial charge in [-0.2, -0.15) is 13.2 Å². The normalized spacial score (nSPS) is 37.6. The van der Waals surface area contributed by atoms with Crippen LogP contribution in [-0.2, 0) is 15.8 Å². The lowest BCUT2D eigenvalue weighted by atomic mass is 9.46. The first kappa shape index (κ1) is 23.6. The van der Waals surface area contributed by atoms with Crippen molar-refractivity contribution >= 4 is 17.4 Å². The molecule has 3 fully saturated rings. The van der Waals surface area contributed by atoms with Gasteiger partial charge in [0, 0.05) is 12.3 Å². The molecule has 1 aromatic rings. The lowest BCUT2D eigenvalue weighted by molar-refractivity contribution is -0.137. The predicted molar refractivity (Wildman–Crippen MR) is 125 cm³/mol. The number of carbonyl (C=O) groups is 2. The maximum absolute atomic E-state index is 13.5. The zero-order chi connectivity index (χ0) is 24.5. The Kier molecular flexibility index (Phi) is 5.53. The van der Waals surface area contributed by atoms with Crippen LogP contribution in [0.15, 0.2) is 35.4 Å². The van der Waals surface area contributed by atoms with Crippen molar-refractivity contribution in [3.8, 4) is 0 Å². The summed E-state index contributed by atoms with van der Waals surface area (Å²) < 4.78 is 40.4. The van der Waals surface area contributed by atoms with Gasteiger partial charge in [-0.05, 0) is 98.2 Å². The van der Waals surface area contributed by atoms with Crippen LogP contribution in [-0.4, -0.2) is 11.7 Å². The lowest BCUT2D eigenvalue weighted by Crippen LogP contribution is -2.51. The van der Waals surface area contributed by atoms with Crippen molar-refractivity contribution in [3.05, 3.63) is 41.0 Å². The molecule has 0 radical (unpaired) electrons. The van der Waals surface area contributed by atoms with E-state index < -0.39 is 11.7 Å². The molecule has 0 bridgehead atoms. The van der Waals surface area contributed by atoms with E-state index in [4.69, 9.17) is 0 Å². The van der Waals surface area contributed by atoms with E-state index in [0.29, 0.717) is 30.0 Å². The minimum Gasteiger partial charge on any atom is -0.325 e. The summed E-state index contributed by atoms with van der Waals surface area (Å²) in [6.45, 7) is 6.55. The Labute approximate surface area is 199 Å². The van der Waals surface area contributed by atoms with Crippen LogP contribution in [0, 0.1) is 34.5 Å². The SMILES string of the molecule is CC1=C2CC[C@H]3[C@@H]4CC[C@H](C(=O)Nc5ccccc5C(F)(F)F)[C@@]4(C)CC[C@@H]3[C@@]2(C)CCC1=O. The number of hydrogen-bond acceptors (Lipinski definition) is 2. The van der Waals surface area contributed by atoms with Crippen LogP contribution < -0.4 is 5.32 Å². The minimum absolute atomic E-state index is 0.0637. The number of allylic oxidation sites excluding steroid dienone is 1. The molecular formula is C28H34F3NO2. The molecule has 0 aliphatic heterocycles. The Balaban J connectivity index is 1.39. The zero-order valence-corrected chi connectivity index (χ0v) is 20.2. The Morgan fingerprint density at radius 2 is 1.74 bits per heavy atom. The van der Waals surface area contributed by atoms with Gasteiger partial charge >= 0.3 is 6.18 Å². The van der Waals surface area contributed by atoms with Crippen LogP contribution in [0.25, 0.3) is 0 Å². The summed E-state index contributed by atoms with van der Waals surface area (Å²) in [6.07, 6.45) is 2.64. The minimum atomic E-state index is -4.51. The van der Waals surface area contributed by atoms with E-state index in [1.54, 1.807) is 0 Å². The third-order valence-corrected chi connectivity index (χ3v) is 10.2. The van der Waals surface area contributed by atoms with Crippen LogP contribution in [0.5, 0.6) is 0 Å². The number of fused-ring (bicyclic) bond motifs is 5. The molecule has 0 spiro atoms. The quantitative estimate of drug-likeness (QED) is 0.494. The van der Waals surface area contributed by atoms with Gasteiger partial charge in [-0.1, -0.05) is 31.6 Å². The molecule has 6 atom stereocenters. The molecule has 3 saturated carbocycles. The van der Waals surface area contributed by atoms with Gasteiger partial charge in [0.05, 0.1) is 11.3 Å². The molecule has 0 saturated heterocycles. The van der Waals surface area contributed by atoms with Crippen LogP contribution in [0.2, 0.25) is 0 Å². The Morgan fingerprint density at radius 3 is 2.47 bits per heavy atom. The van der Waals surface area contributed by atoms with E-state index in [0.717, 1.165) is 56.6 Å². The second-order valence-corrected chi connectivity index (χ2v) is 11.6. The van der Waals surface area contributed by atoms with Crippen LogP contribution >= 0.6 is 0 Å². The number of rotatable bonds is 2. The highest BCUT2D eigenvalue weighted by molar-refractivity contribution is 5.97. The maximum Gasteiger partial charge on any atom is 0.418 e. The Morgan fingerprint density at radius 1 is 1.00 bits per heavy atom. The number of alkyl halides is 3. The molecule has 184 valence electrons. The van der Waals surface area contributed by atoms with Gasteiger partial charge in [0.25, 0.3) is 0 Å². The monoisotopic (exact) mass is 473 g/mol. The standard InChI is InChI=1S/C28H34F3NO2/c1-16-18-9-8-17-19-10-11-22(25(34)32-23-7-5-4-6-21(23)28(29,30)31)27(19,3)14-12-20(17)26(18,2)15-13-24(16)33/h4-7,17,19-20,22H,8-15H2,1-3H3,(H,32,34)/t17-,19-,20-,22+,26-,27-/m0/s1. The molecule has 4 aliphatic carbocycles. The first-order chi connectivity index (χ1) is 16.0. The Bertz CT molecular complexity index is 1060. The fraction of sp³-hybridized carbons (Fsp3) is 0.643. The van der Waals surface area contributed by atoms with Crippen molar-refractivity contribution in [1.29, 1.82) is 0 Å². The molecule has 0 heterocycles. The maximum atomic E-state index is 13.5. The zero-order valence-electron chi connectivity index (χ0n) is 20.2. The molecule has 1 aromatic carbocycles. The fourth-order valence-corrected chi connectivity index (χ4v) is 8.47. The largest absolute Gasteiger partial charge is 0.418 e. The number of ketones is 1. The summed E-state index contributed by atoms with van der Waals surface area (Å²) in [5.74, 6) is 1.17. The van der Waals surface area contributed by atoms with Gasteiger partial charge in [-0.25, -0.2) is 0 Å². The van der Waals surface area contributed by atoms with E-state index in [2.05, 4.69) is 19.2 Å². The second-order valence-electron chi connectivity index (χ2n) is 11.6. The number of carbonyl (C=O) groups excluding carboxylic acids is 2. The van der Waals surface area contributed by atoms with Crippen LogP contribution in [0.4, 0.5) is 18.9 Å². The predicted octanol–water partition coefficient (Wildman–Crippen LogP) is 7.18. The summed E-state index contributed by atoms with van der Waals surface area (Å²) in [5.41, 5.74) is 1.26. The molecule has 5 rings (SSSR count). The third kappa shape index (κ3) is 3.46. The summed E-state index contributed by atoms with van der Waals surface area (Å²) in [4.78, 5) is 25.7. The molecule has 34 heavy (non-hydrogen) atoms. The first-order valence-electron chi connectivity index (χ1n) is 12.7. The van der Waals surface area contributed by atoms with Gasteiger partial charge in [0.15, 0.2) is 5.78 Å². The van der Waals surface area contributed by atoms with Gasteiger partial charge in [0.1, 0.15) is 0 Å². The number of amides is 1. The van der Waals surface area contributed by atoms with Crippen molar-refractivity contribution < 1.29 is 22.8 Å². The highest BCUT2D eigenvalue weighted by Gasteiger charge is 2.60. The second kappa shape index (κ2) is 7.96. The molecule has 4 aliphatic rings. The smallest absolute Gasteiger partial charge is 0.325 e. The molecule has 6 heteroatoms. The van der Waals surface area contributed by atoms with Crippen molar-refractivity contribution in [1.82, 2.24) is 0 Å². The molecule has 3 nitrogen and oxygen atoms in total. The number of halogens is 3. The van der Waals surface area contributed by atoms with E-state index in [9.17, 15) is 22.8 Å². The number of para-hydroxylation sites is 1. The van der Waals surface area contributed by atoms with Crippen molar-refractivity contribution in [2.24, 2.45) is 34.5 Å². The number of nitrogens with one attached hydrogen (secondary N) is 1. The fourth-order valence-electron chi connectivity index (χ4n) is 8.47. The topological polar surface area (TPSA) is 46.2 Å². The van der Waals surface area contributed by atoms with Gasteiger partial charge < -0.3 is 5.32 Å². The van der Waals surface area contributed by atoms with E-state index in [1.165, 1.54) is 23.8 Å². The van der Waals surface area contributed by atoms with E-state index in [1.807, 2.05) is 6.92 Å². The number of anilines is 1. The highest BCUT2D eigenvalue weighted by Crippen LogP contribution is 2.67. The molecular weight excluding hydrogens is 439 g/mol. The summed E-state index contributed by atoms with van der Waals surface area (Å²) >= 11 is 0. The van der Waals surface area contributed by atoms with Crippen molar-refractivity contribution in [2.45, 2.75) is 78.3 Å². The molecule has 1 amide bonds. The molecule has 1 N–H and O–H groups in total. The average molecular weight is 474 g/mol.